The van der Waals surface area contributed by atoms with E-state index >= 15 is 0 Å². The molecule has 0 aliphatic carbocycles. The third-order valence-electron chi connectivity index (χ3n) is 4.47. The highest BCUT2D eigenvalue weighted by Gasteiger charge is 2.30. The lowest BCUT2D eigenvalue weighted by atomic mass is 9.98. The first kappa shape index (κ1) is 17.0. The predicted octanol–water partition coefficient (Wildman–Crippen LogP) is 1.99. The molecule has 1 aliphatic heterocycles. The zero-order valence-corrected chi connectivity index (χ0v) is 14.5. The second-order valence-corrected chi connectivity index (χ2v) is 6.29. The molecule has 0 N–H and O–H groups in total. The number of esters is 1. The van der Waals surface area contributed by atoms with Gasteiger partial charge in [0.1, 0.15) is 12.3 Å². The normalized spacial score (nSPS) is 13.7. The molecule has 0 unspecified atom stereocenters. The minimum atomic E-state index is -0.480. The van der Waals surface area contributed by atoms with Crippen LogP contribution in [-0.2, 0) is 27.4 Å². The van der Waals surface area contributed by atoms with E-state index < -0.39 is 5.97 Å². The lowest BCUT2D eigenvalue weighted by molar-refractivity contribution is -0.145. The number of imide groups is 1. The first-order valence-corrected chi connectivity index (χ1v) is 8.62. The van der Waals surface area contributed by atoms with Crippen molar-refractivity contribution in [1.29, 1.82) is 0 Å². The molecule has 7 heteroatoms. The minimum Gasteiger partial charge on any atom is -0.459 e. The molecule has 0 atom stereocenters. The Morgan fingerprint density at radius 2 is 1.93 bits per heavy atom. The summed E-state index contributed by atoms with van der Waals surface area (Å²) in [4.78, 5) is 42.2. The van der Waals surface area contributed by atoms with E-state index in [9.17, 15) is 14.4 Å². The fraction of sp³-hybridized carbons (Fsp3) is 0.200. The molecule has 2 amide bonds. The van der Waals surface area contributed by atoms with Crippen molar-refractivity contribution in [3.8, 4) is 0 Å². The number of carbonyl (C=O) groups excluding carboxylic acids is 3. The zero-order chi connectivity index (χ0) is 18.8. The highest BCUT2D eigenvalue weighted by molar-refractivity contribution is 6.09. The first-order chi connectivity index (χ1) is 13.1. The van der Waals surface area contributed by atoms with Crippen LogP contribution in [0.15, 0.2) is 54.9 Å². The number of hydrogen-bond donors (Lipinski definition) is 0. The first-order valence-electron chi connectivity index (χ1n) is 8.62. The van der Waals surface area contributed by atoms with E-state index in [1.165, 1.54) is 0 Å². The molecule has 136 valence electrons. The van der Waals surface area contributed by atoms with E-state index in [0.717, 1.165) is 16.1 Å². The monoisotopic (exact) mass is 363 g/mol. The van der Waals surface area contributed by atoms with Gasteiger partial charge in [-0.15, -0.1) is 0 Å². The van der Waals surface area contributed by atoms with Crippen LogP contribution in [0, 0.1) is 0 Å². The number of amides is 2. The number of hydrogen-bond acceptors (Lipinski definition) is 5. The molecule has 0 saturated heterocycles. The van der Waals surface area contributed by atoms with Gasteiger partial charge in [-0.2, -0.15) is 0 Å². The van der Waals surface area contributed by atoms with Crippen LogP contribution in [0.25, 0.3) is 5.65 Å². The molecule has 3 heterocycles. The van der Waals surface area contributed by atoms with E-state index in [2.05, 4.69) is 4.98 Å². The molecule has 1 aromatic carbocycles. The van der Waals surface area contributed by atoms with Gasteiger partial charge in [0, 0.05) is 24.5 Å². The zero-order valence-electron chi connectivity index (χ0n) is 14.5. The minimum absolute atomic E-state index is 0.00992. The number of aromatic nitrogens is 2. The van der Waals surface area contributed by atoms with E-state index in [0.29, 0.717) is 11.3 Å². The molecule has 0 spiro atoms. The summed E-state index contributed by atoms with van der Waals surface area (Å²) in [6.45, 7) is 0.0568. The maximum atomic E-state index is 12.5. The van der Waals surface area contributed by atoms with Gasteiger partial charge in [0.25, 0.3) is 5.91 Å². The van der Waals surface area contributed by atoms with Crippen molar-refractivity contribution in [3.05, 3.63) is 71.7 Å². The van der Waals surface area contributed by atoms with Gasteiger partial charge >= 0.3 is 5.97 Å². The number of benzene rings is 1. The van der Waals surface area contributed by atoms with Crippen LogP contribution in [0.4, 0.5) is 0 Å². The third kappa shape index (κ3) is 3.44. The van der Waals surface area contributed by atoms with Crippen molar-refractivity contribution in [2.75, 3.05) is 6.54 Å². The lowest BCUT2D eigenvalue weighted by Crippen LogP contribution is -2.43. The molecular formula is C20H17N3O4. The fourth-order valence-corrected chi connectivity index (χ4v) is 3.11. The number of pyridine rings is 1. The smallest absolute Gasteiger partial charge is 0.307 e. The average Bonchev–Trinajstić information content (AvgIpc) is 3.09. The molecule has 3 aromatic rings. The average molecular weight is 363 g/mol. The van der Waals surface area contributed by atoms with Crippen LogP contribution in [0.1, 0.15) is 28.0 Å². The van der Waals surface area contributed by atoms with Crippen molar-refractivity contribution < 1.29 is 19.1 Å². The Kier molecular flexibility index (Phi) is 4.42. The summed E-state index contributed by atoms with van der Waals surface area (Å²) in [5.74, 6) is -1.15. The number of carbonyl (C=O) groups is 3. The molecular weight excluding hydrogens is 346 g/mol. The highest BCUT2D eigenvalue weighted by atomic mass is 16.5. The van der Waals surface area contributed by atoms with Crippen molar-refractivity contribution in [2.24, 2.45) is 0 Å². The molecule has 0 saturated carbocycles. The summed E-state index contributed by atoms with van der Waals surface area (Å²) in [5.41, 5.74) is 2.63. The van der Waals surface area contributed by atoms with E-state index in [-0.39, 0.29) is 37.8 Å². The van der Waals surface area contributed by atoms with Crippen molar-refractivity contribution >= 4 is 23.4 Å². The fourth-order valence-electron chi connectivity index (χ4n) is 3.11. The van der Waals surface area contributed by atoms with E-state index in [1.54, 1.807) is 30.5 Å². The Morgan fingerprint density at radius 1 is 1.11 bits per heavy atom. The van der Waals surface area contributed by atoms with Crippen LogP contribution >= 0.6 is 0 Å². The largest absolute Gasteiger partial charge is 0.459 e. The molecule has 4 rings (SSSR count). The Balaban J connectivity index is 1.34. The SMILES string of the molecule is O=C(CCN1C(=O)Cc2ccccc2C1=O)OCc1cn2ccccc2n1. The third-order valence-corrected chi connectivity index (χ3v) is 4.47. The van der Waals surface area contributed by atoms with Gasteiger partial charge in [0.05, 0.1) is 18.5 Å². The summed E-state index contributed by atoms with van der Waals surface area (Å²) < 4.78 is 7.06. The number of nitrogens with zero attached hydrogens (tertiary/aromatic N) is 3. The van der Waals surface area contributed by atoms with E-state index in [4.69, 9.17) is 4.74 Å². The summed E-state index contributed by atoms with van der Waals surface area (Å²) >= 11 is 0. The second-order valence-electron chi connectivity index (χ2n) is 6.29. The van der Waals surface area contributed by atoms with Crippen molar-refractivity contribution in [3.63, 3.8) is 0 Å². The van der Waals surface area contributed by atoms with Gasteiger partial charge in [-0.3, -0.25) is 19.3 Å². The topological polar surface area (TPSA) is 81.0 Å². The maximum absolute atomic E-state index is 12.5. The van der Waals surface area contributed by atoms with Crippen LogP contribution in [-0.4, -0.2) is 38.6 Å². The molecule has 2 aromatic heterocycles. The van der Waals surface area contributed by atoms with Gasteiger partial charge in [-0.05, 0) is 23.8 Å². The predicted molar refractivity (Wildman–Crippen MR) is 95.8 cm³/mol. The Bertz CT molecular complexity index is 1010. The van der Waals surface area contributed by atoms with Gasteiger partial charge in [0.15, 0.2) is 0 Å². The van der Waals surface area contributed by atoms with Crippen LogP contribution < -0.4 is 0 Å². The highest BCUT2D eigenvalue weighted by Crippen LogP contribution is 2.19. The van der Waals surface area contributed by atoms with Crippen molar-refractivity contribution in [1.82, 2.24) is 14.3 Å². The summed E-state index contributed by atoms with van der Waals surface area (Å²) in [6, 6.07) is 12.6. The summed E-state index contributed by atoms with van der Waals surface area (Å²) in [6.07, 6.45) is 3.77. The van der Waals surface area contributed by atoms with Crippen LogP contribution in [0.5, 0.6) is 0 Å². The number of imidazole rings is 1. The van der Waals surface area contributed by atoms with Crippen LogP contribution in [0.3, 0.4) is 0 Å². The standard InChI is InChI=1S/C20H17N3O4/c24-18-11-14-5-1-2-6-16(14)20(26)23(18)10-8-19(25)27-13-15-12-22-9-4-3-7-17(22)21-15/h1-7,9,12H,8,10-11,13H2. The number of fused-ring (bicyclic) bond motifs is 2. The Morgan fingerprint density at radius 3 is 2.78 bits per heavy atom. The van der Waals surface area contributed by atoms with E-state index in [1.807, 2.05) is 28.8 Å². The lowest BCUT2D eigenvalue weighted by Gasteiger charge is -2.26. The Hall–Kier alpha value is -3.48. The molecule has 27 heavy (non-hydrogen) atoms. The molecule has 1 aliphatic rings. The molecule has 7 nitrogen and oxygen atoms in total. The quantitative estimate of drug-likeness (QED) is 0.512. The van der Waals surface area contributed by atoms with Gasteiger partial charge < -0.3 is 9.14 Å². The van der Waals surface area contributed by atoms with Gasteiger partial charge in [0.2, 0.25) is 5.91 Å². The second kappa shape index (κ2) is 7.03. The van der Waals surface area contributed by atoms with Gasteiger partial charge in [-0.1, -0.05) is 24.3 Å². The van der Waals surface area contributed by atoms with Crippen LogP contribution in [0.2, 0.25) is 0 Å². The number of rotatable bonds is 5. The Labute approximate surface area is 155 Å². The maximum Gasteiger partial charge on any atom is 0.307 e. The summed E-state index contributed by atoms with van der Waals surface area (Å²) in [7, 11) is 0. The molecule has 0 bridgehead atoms. The molecule has 0 radical (unpaired) electrons. The summed E-state index contributed by atoms with van der Waals surface area (Å²) in [5, 5.41) is 0. The van der Waals surface area contributed by atoms with Gasteiger partial charge in [-0.25, -0.2) is 4.98 Å². The van der Waals surface area contributed by atoms with Crippen molar-refractivity contribution in [2.45, 2.75) is 19.4 Å². The number of ether oxygens (including phenoxy) is 1. The molecule has 0 fully saturated rings.